The van der Waals surface area contributed by atoms with Gasteiger partial charge in [-0.05, 0) is 38.3 Å². The number of nitrogens with one attached hydrogen (secondary N) is 2. The first-order chi connectivity index (χ1) is 14.0. The summed E-state index contributed by atoms with van der Waals surface area (Å²) in [5, 5.41) is 11.2. The lowest BCUT2D eigenvalue weighted by Gasteiger charge is -2.50. The van der Waals surface area contributed by atoms with Crippen molar-refractivity contribution in [1.82, 2.24) is 14.6 Å². The van der Waals surface area contributed by atoms with Crippen LogP contribution in [0.5, 0.6) is 0 Å². The van der Waals surface area contributed by atoms with E-state index >= 15 is 0 Å². The number of halogens is 1. The summed E-state index contributed by atoms with van der Waals surface area (Å²) in [4.78, 5) is 17.5. The minimum Gasteiger partial charge on any atom is -0.386 e. The summed E-state index contributed by atoms with van der Waals surface area (Å²) in [6.45, 7) is 2.40. The molecule has 2 aromatic rings. The second-order valence-electron chi connectivity index (χ2n) is 8.65. The van der Waals surface area contributed by atoms with E-state index in [1.54, 1.807) is 30.0 Å². The molecule has 10 heteroatoms. The number of piperidine rings is 1. The maximum atomic E-state index is 13.9. The number of aromatic nitrogens is 1. The first kappa shape index (κ1) is 21.2. The van der Waals surface area contributed by atoms with Crippen LogP contribution in [0, 0.1) is 5.82 Å². The quantitative estimate of drug-likeness (QED) is 0.669. The standard InChI is InChI=1S/C20H26FN3O5S/c1-19(26)12-29-20(11-16(19)23-30(2,27)28)6-8-24(9-7-20)18(25)15-10-13-4-3-5-14(21)17(13)22-15/h3-5,10,16,22-23,26H,6-9,11-12H2,1-2H3/t16-,19-/m0/s1. The molecule has 0 radical (unpaired) electrons. The minimum absolute atomic E-state index is 0.00935. The molecule has 0 aliphatic carbocycles. The lowest BCUT2D eigenvalue weighted by Crippen LogP contribution is -2.64. The molecule has 3 heterocycles. The Morgan fingerprint density at radius 3 is 2.70 bits per heavy atom. The number of aliphatic hydroxyl groups is 1. The number of H-pyrrole nitrogens is 1. The Morgan fingerprint density at radius 2 is 2.07 bits per heavy atom. The molecule has 0 saturated carbocycles. The molecular weight excluding hydrogens is 413 g/mol. The summed E-state index contributed by atoms with van der Waals surface area (Å²) < 4.78 is 45.8. The molecule has 2 fully saturated rings. The summed E-state index contributed by atoms with van der Waals surface area (Å²) in [7, 11) is -3.49. The number of fused-ring (bicyclic) bond motifs is 1. The number of sulfonamides is 1. The Bertz CT molecular complexity index is 1070. The molecule has 30 heavy (non-hydrogen) atoms. The van der Waals surface area contributed by atoms with Crippen LogP contribution in [0.15, 0.2) is 24.3 Å². The average Bonchev–Trinajstić information content (AvgIpc) is 3.10. The van der Waals surface area contributed by atoms with Gasteiger partial charge in [-0.1, -0.05) is 12.1 Å². The van der Waals surface area contributed by atoms with Crippen LogP contribution in [0.1, 0.15) is 36.7 Å². The van der Waals surface area contributed by atoms with E-state index in [0.717, 1.165) is 6.26 Å². The van der Waals surface area contributed by atoms with Crippen LogP contribution in [-0.2, 0) is 14.8 Å². The van der Waals surface area contributed by atoms with Crippen molar-refractivity contribution in [3.63, 3.8) is 0 Å². The normalized spacial score (nSPS) is 26.9. The third-order valence-electron chi connectivity index (χ3n) is 6.15. The molecule has 4 rings (SSSR count). The van der Waals surface area contributed by atoms with E-state index < -0.39 is 33.1 Å². The Labute approximate surface area is 174 Å². The van der Waals surface area contributed by atoms with E-state index in [-0.39, 0.29) is 12.5 Å². The number of carbonyl (C=O) groups excluding carboxylic acids is 1. The number of rotatable bonds is 3. The zero-order valence-electron chi connectivity index (χ0n) is 16.9. The Hall–Kier alpha value is -2.01. The van der Waals surface area contributed by atoms with Gasteiger partial charge in [-0.25, -0.2) is 17.5 Å². The lowest BCUT2D eigenvalue weighted by molar-refractivity contribution is -0.187. The van der Waals surface area contributed by atoms with Gasteiger partial charge in [-0.2, -0.15) is 0 Å². The number of likely N-dealkylation sites (tertiary alicyclic amines) is 1. The maximum Gasteiger partial charge on any atom is 0.270 e. The number of amides is 1. The molecule has 3 N–H and O–H groups in total. The van der Waals surface area contributed by atoms with Crippen LogP contribution in [0.25, 0.3) is 10.9 Å². The predicted octanol–water partition coefficient (Wildman–Crippen LogP) is 1.37. The highest BCUT2D eigenvalue weighted by molar-refractivity contribution is 7.88. The van der Waals surface area contributed by atoms with Crippen molar-refractivity contribution >= 4 is 26.8 Å². The first-order valence-corrected chi connectivity index (χ1v) is 11.8. The highest BCUT2D eigenvalue weighted by Gasteiger charge is 2.49. The van der Waals surface area contributed by atoms with Gasteiger partial charge in [0.05, 0.1) is 30.0 Å². The monoisotopic (exact) mass is 439 g/mol. The highest BCUT2D eigenvalue weighted by atomic mass is 32.2. The maximum absolute atomic E-state index is 13.9. The van der Waals surface area contributed by atoms with Gasteiger partial charge in [0, 0.05) is 18.5 Å². The summed E-state index contributed by atoms with van der Waals surface area (Å²) in [5.41, 5.74) is -1.28. The van der Waals surface area contributed by atoms with E-state index in [0.29, 0.717) is 48.9 Å². The molecule has 8 nitrogen and oxygen atoms in total. The number of carbonyl (C=O) groups is 1. The van der Waals surface area contributed by atoms with E-state index in [4.69, 9.17) is 4.74 Å². The van der Waals surface area contributed by atoms with E-state index in [1.807, 2.05) is 0 Å². The first-order valence-electron chi connectivity index (χ1n) is 9.88. The molecule has 1 spiro atoms. The fraction of sp³-hybridized carbons (Fsp3) is 0.550. The van der Waals surface area contributed by atoms with E-state index in [9.17, 15) is 22.7 Å². The molecule has 2 aliphatic rings. The molecule has 0 bridgehead atoms. The molecule has 0 unspecified atom stereocenters. The van der Waals surface area contributed by atoms with Crippen LogP contribution in [0.3, 0.4) is 0 Å². The molecule has 1 amide bonds. The second kappa shape index (κ2) is 7.30. The van der Waals surface area contributed by atoms with Gasteiger partial charge in [0.15, 0.2) is 0 Å². The third-order valence-corrected chi connectivity index (χ3v) is 6.86. The average molecular weight is 440 g/mol. The number of hydrogen-bond donors (Lipinski definition) is 3. The molecular formula is C20H26FN3O5S. The van der Waals surface area contributed by atoms with Gasteiger partial charge >= 0.3 is 0 Å². The third kappa shape index (κ3) is 4.09. The summed E-state index contributed by atoms with van der Waals surface area (Å²) in [6.07, 6.45) is 2.43. The van der Waals surface area contributed by atoms with Gasteiger partial charge in [-0.3, -0.25) is 4.79 Å². The van der Waals surface area contributed by atoms with Crippen molar-refractivity contribution < 1.29 is 27.4 Å². The second-order valence-corrected chi connectivity index (χ2v) is 10.4. The van der Waals surface area contributed by atoms with E-state index in [2.05, 4.69) is 9.71 Å². The Morgan fingerprint density at radius 1 is 1.37 bits per heavy atom. The van der Waals surface area contributed by atoms with Gasteiger partial charge in [0.1, 0.15) is 17.1 Å². The van der Waals surface area contributed by atoms with Crippen LogP contribution in [0.4, 0.5) is 4.39 Å². The van der Waals surface area contributed by atoms with Crippen molar-refractivity contribution in [2.24, 2.45) is 0 Å². The van der Waals surface area contributed by atoms with Crippen molar-refractivity contribution in [2.45, 2.75) is 43.4 Å². The lowest BCUT2D eigenvalue weighted by atomic mass is 9.78. The van der Waals surface area contributed by atoms with Gasteiger partial charge in [0.2, 0.25) is 10.0 Å². The van der Waals surface area contributed by atoms with Crippen LogP contribution in [0.2, 0.25) is 0 Å². The highest BCUT2D eigenvalue weighted by Crippen LogP contribution is 2.39. The smallest absolute Gasteiger partial charge is 0.270 e. The van der Waals surface area contributed by atoms with Crippen molar-refractivity contribution in [1.29, 1.82) is 0 Å². The number of ether oxygens (including phenoxy) is 1. The van der Waals surface area contributed by atoms with Crippen molar-refractivity contribution in [3.8, 4) is 0 Å². The number of nitrogens with zero attached hydrogens (tertiary/aromatic N) is 1. The fourth-order valence-corrected chi connectivity index (χ4v) is 5.20. The van der Waals surface area contributed by atoms with Crippen molar-refractivity contribution in [2.75, 3.05) is 26.0 Å². The zero-order valence-corrected chi connectivity index (χ0v) is 17.8. The van der Waals surface area contributed by atoms with Crippen LogP contribution >= 0.6 is 0 Å². The Kier molecular flexibility index (Phi) is 5.16. The van der Waals surface area contributed by atoms with E-state index in [1.165, 1.54) is 6.07 Å². The number of aromatic amines is 1. The summed E-state index contributed by atoms with van der Waals surface area (Å²) in [6, 6.07) is 5.66. The topological polar surface area (TPSA) is 112 Å². The zero-order chi connectivity index (χ0) is 21.7. The Balaban J connectivity index is 1.46. The predicted molar refractivity (Wildman–Crippen MR) is 109 cm³/mol. The number of para-hydroxylation sites is 1. The molecule has 2 saturated heterocycles. The fourth-order valence-electron chi connectivity index (χ4n) is 4.35. The SMILES string of the molecule is C[C@]1(O)COC2(CCN(C(=O)c3cc4cccc(F)c4[nH]3)CC2)C[C@@H]1NS(C)(=O)=O. The summed E-state index contributed by atoms with van der Waals surface area (Å²) >= 11 is 0. The molecule has 164 valence electrons. The minimum atomic E-state index is -3.49. The van der Waals surface area contributed by atoms with Gasteiger partial charge < -0.3 is 19.7 Å². The van der Waals surface area contributed by atoms with Crippen LogP contribution in [-0.4, -0.2) is 72.5 Å². The largest absolute Gasteiger partial charge is 0.386 e. The van der Waals surface area contributed by atoms with Gasteiger partial charge in [0.25, 0.3) is 5.91 Å². The summed E-state index contributed by atoms with van der Waals surface area (Å²) in [5.74, 6) is -0.620. The number of benzene rings is 1. The molecule has 1 aromatic carbocycles. The molecule has 2 aliphatic heterocycles. The molecule has 1 aromatic heterocycles. The number of hydrogen-bond acceptors (Lipinski definition) is 5. The van der Waals surface area contributed by atoms with Gasteiger partial charge in [-0.15, -0.1) is 0 Å². The molecule has 2 atom stereocenters. The van der Waals surface area contributed by atoms with Crippen LogP contribution < -0.4 is 4.72 Å². The van der Waals surface area contributed by atoms with Crippen molar-refractivity contribution in [3.05, 3.63) is 35.8 Å².